The van der Waals surface area contributed by atoms with Gasteiger partial charge < -0.3 is 19.0 Å². The predicted molar refractivity (Wildman–Crippen MR) is 123 cm³/mol. The van der Waals surface area contributed by atoms with E-state index < -0.39 is 12.2 Å². The Balaban J connectivity index is 1.62. The minimum absolute atomic E-state index is 0.155. The monoisotopic (exact) mass is 465 g/mol. The average Bonchev–Trinajstić information content (AvgIpc) is 3.35. The van der Waals surface area contributed by atoms with Crippen molar-refractivity contribution < 1.29 is 23.4 Å². The van der Waals surface area contributed by atoms with Crippen LogP contribution in [-0.4, -0.2) is 33.2 Å². The Kier molecular flexibility index (Phi) is 5.58. The molecule has 4 aromatic rings. The van der Waals surface area contributed by atoms with Gasteiger partial charge in [-0.25, -0.2) is 4.98 Å². The number of aromatic nitrogens is 3. The van der Waals surface area contributed by atoms with Crippen molar-refractivity contribution in [2.24, 2.45) is 0 Å². The van der Waals surface area contributed by atoms with E-state index in [1.165, 1.54) is 0 Å². The van der Waals surface area contributed by atoms with Gasteiger partial charge in [-0.2, -0.15) is 8.78 Å². The molecule has 0 bridgehead atoms. The highest BCUT2D eigenvalue weighted by Crippen LogP contribution is 2.48. The zero-order chi connectivity index (χ0) is 24.0. The number of para-hydroxylation sites is 1. The summed E-state index contributed by atoms with van der Waals surface area (Å²) >= 11 is 0. The Morgan fingerprint density at radius 3 is 2.53 bits per heavy atom. The number of imidazole rings is 1. The third-order valence-electron chi connectivity index (χ3n) is 6.29. The summed E-state index contributed by atoms with van der Waals surface area (Å²) in [5, 5.41) is 10.2. The van der Waals surface area contributed by atoms with Crippen molar-refractivity contribution in [3.63, 3.8) is 0 Å². The summed E-state index contributed by atoms with van der Waals surface area (Å²) in [5.74, 6) is -0.0708. The predicted octanol–water partition coefficient (Wildman–Crippen LogP) is 5.45. The second kappa shape index (κ2) is 8.45. The lowest BCUT2D eigenvalue weighted by Gasteiger charge is -2.18. The molecular weight excluding hydrogens is 440 g/mol. The van der Waals surface area contributed by atoms with Gasteiger partial charge in [-0.05, 0) is 44.5 Å². The van der Waals surface area contributed by atoms with Gasteiger partial charge in [0.15, 0.2) is 0 Å². The number of alkyl halides is 2. The van der Waals surface area contributed by atoms with Gasteiger partial charge in [0.25, 0.3) is 0 Å². The minimum Gasteiger partial charge on any atom is -0.435 e. The Labute approximate surface area is 195 Å². The van der Waals surface area contributed by atoms with E-state index in [4.69, 9.17) is 14.5 Å². The van der Waals surface area contributed by atoms with E-state index in [1.807, 2.05) is 40.9 Å². The highest BCUT2D eigenvalue weighted by molar-refractivity contribution is 5.65. The van der Waals surface area contributed by atoms with Gasteiger partial charge in [0.05, 0.1) is 17.1 Å². The number of rotatable bonds is 6. The summed E-state index contributed by atoms with van der Waals surface area (Å²) in [7, 11) is 1.63. The molecule has 0 spiro atoms. The Morgan fingerprint density at radius 2 is 1.85 bits per heavy atom. The van der Waals surface area contributed by atoms with Crippen molar-refractivity contribution in [1.82, 2.24) is 14.4 Å². The number of fused-ring (bicyclic) bond motifs is 3. The Morgan fingerprint density at radius 1 is 1.09 bits per heavy atom. The van der Waals surface area contributed by atoms with E-state index in [-0.39, 0.29) is 17.8 Å². The average molecular weight is 466 g/mol. The summed E-state index contributed by atoms with van der Waals surface area (Å²) in [6.07, 6.45) is 4.03. The van der Waals surface area contributed by atoms with Gasteiger partial charge in [0.2, 0.25) is 0 Å². The van der Waals surface area contributed by atoms with Crippen LogP contribution in [0.5, 0.6) is 5.75 Å². The molecule has 1 aromatic carbocycles. The summed E-state index contributed by atoms with van der Waals surface area (Å²) in [6.45, 7) is 0.476. The summed E-state index contributed by atoms with van der Waals surface area (Å²) in [5.41, 5.74) is 4.47. The maximum Gasteiger partial charge on any atom is 0.387 e. The molecule has 0 unspecified atom stereocenters. The van der Waals surface area contributed by atoms with E-state index in [2.05, 4.69) is 4.98 Å². The van der Waals surface area contributed by atoms with E-state index in [0.29, 0.717) is 17.7 Å². The number of hydrogen-bond donors (Lipinski definition) is 1. The zero-order valence-corrected chi connectivity index (χ0v) is 19.1. The smallest absolute Gasteiger partial charge is 0.387 e. The van der Waals surface area contributed by atoms with Gasteiger partial charge in [-0.3, -0.25) is 4.98 Å². The van der Waals surface area contributed by atoms with Crippen molar-refractivity contribution >= 4 is 5.65 Å². The fraction of sp³-hybridized carbons (Fsp3) is 0.308. The second-order valence-corrected chi connectivity index (χ2v) is 8.95. The van der Waals surface area contributed by atoms with Crippen molar-refractivity contribution in [1.29, 1.82) is 0 Å². The molecule has 0 amide bonds. The first kappa shape index (κ1) is 22.4. The molecule has 5 rings (SSSR count). The number of ether oxygens (including phenoxy) is 2. The zero-order valence-electron chi connectivity index (χ0n) is 19.1. The minimum atomic E-state index is -2.91. The lowest BCUT2D eigenvalue weighted by molar-refractivity contribution is -0.0506. The van der Waals surface area contributed by atoms with Crippen LogP contribution >= 0.6 is 0 Å². The second-order valence-electron chi connectivity index (χ2n) is 8.95. The molecule has 0 fully saturated rings. The van der Waals surface area contributed by atoms with Crippen molar-refractivity contribution in [2.45, 2.75) is 44.5 Å². The first-order valence-corrected chi connectivity index (χ1v) is 11.0. The van der Waals surface area contributed by atoms with E-state index >= 15 is 0 Å². The number of hydrogen-bond acceptors (Lipinski definition) is 5. The number of methoxy groups -OCH3 is 1. The molecule has 0 saturated carbocycles. The lowest BCUT2D eigenvalue weighted by Crippen LogP contribution is -2.17. The number of benzene rings is 1. The molecule has 34 heavy (non-hydrogen) atoms. The molecule has 1 aliphatic rings. The molecular formula is C26H25F2N3O3. The molecule has 3 aromatic heterocycles. The Hall–Kier alpha value is -3.36. The molecule has 176 valence electrons. The maximum absolute atomic E-state index is 13.1. The molecule has 0 saturated heterocycles. The van der Waals surface area contributed by atoms with Gasteiger partial charge in [0.1, 0.15) is 23.1 Å². The summed E-state index contributed by atoms with van der Waals surface area (Å²) in [4.78, 5) is 9.20. The van der Waals surface area contributed by atoms with Gasteiger partial charge >= 0.3 is 6.61 Å². The van der Waals surface area contributed by atoms with Crippen LogP contribution in [0.4, 0.5) is 8.78 Å². The van der Waals surface area contributed by atoms with Crippen LogP contribution in [0.15, 0.2) is 60.9 Å². The van der Waals surface area contributed by atoms with Crippen LogP contribution in [0, 0.1) is 0 Å². The molecule has 0 radical (unpaired) electrons. The Bertz CT molecular complexity index is 1330. The lowest BCUT2D eigenvalue weighted by atomic mass is 9.95. The third-order valence-corrected chi connectivity index (χ3v) is 6.29. The quantitative estimate of drug-likeness (QED) is 0.410. The topological polar surface area (TPSA) is 68.9 Å². The first-order chi connectivity index (χ1) is 16.3. The summed E-state index contributed by atoms with van der Waals surface area (Å²) < 4.78 is 38.7. The van der Waals surface area contributed by atoms with Crippen molar-refractivity contribution in [3.05, 3.63) is 83.6 Å². The van der Waals surface area contributed by atoms with E-state index in [1.54, 1.807) is 45.4 Å². The number of halogens is 2. The van der Waals surface area contributed by atoms with E-state index in [9.17, 15) is 13.9 Å². The summed E-state index contributed by atoms with van der Waals surface area (Å²) in [6, 6.07) is 14.5. The molecule has 8 heteroatoms. The van der Waals surface area contributed by atoms with Crippen molar-refractivity contribution in [2.75, 3.05) is 7.11 Å². The molecule has 3 heterocycles. The highest BCUT2D eigenvalue weighted by Gasteiger charge is 2.38. The number of pyridine rings is 2. The molecule has 1 N–H and O–H groups in total. The standard InChI is InChI=1S/C26H25F2N3O3/c1-26(2,32)21-10-8-15(13-29-21)16-9-11-22-30-23-20(33-3)12-18(24(23)31(22)14-16)17-6-4-5-7-19(17)34-25(27)28/h4-11,13-14,18,20,25,32H,12H2,1-3H3/t18-,20-/m1/s1. The van der Waals surface area contributed by atoms with Gasteiger partial charge in [0, 0.05) is 42.1 Å². The van der Waals surface area contributed by atoms with Gasteiger partial charge in [-0.15, -0.1) is 0 Å². The normalized spacial score (nSPS) is 18.0. The maximum atomic E-state index is 13.1. The largest absolute Gasteiger partial charge is 0.435 e. The molecule has 1 aliphatic carbocycles. The SMILES string of the molecule is CO[C@@H]1C[C@H](c2ccccc2OC(F)F)c2c1nc1ccc(-c3ccc(C(C)(C)O)nc3)cn21. The molecule has 0 aliphatic heterocycles. The van der Waals surface area contributed by atoms with Crippen LogP contribution < -0.4 is 4.74 Å². The van der Waals surface area contributed by atoms with Crippen LogP contribution in [0.1, 0.15) is 54.9 Å². The number of nitrogens with zero attached hydrogens (tertiary/aromatic N) is 3. The fourth-order valence-corrected chi connectivity index (χ4v) is 4.65. The first-order valence-electron chi connectivity index (χ1n) is 11.0. The van der Waals surface area contributed by atoms with Crippen LogP contribution in [0.2, 0.25) is 0 Å². The van der Waals surface area contributed by atoms with Crippen LogP contribution in [0.3, 0.4) is 0 Å². The van der Waals surface area contributed by atoms with Crippen LogP contribution in [-0.2, 0) is 10.3 Å². The van der Waals surface area contributed by atoms with E-state index in [0.717, 1.165) is 28.2 Å². The van der Waals surface area contributed by atoms with Crippen LogP contribution in [0.25, 0.3) is 16.8 Å². The van der Waals surface area contributed by atoms with Crippen molar-refractivity contribution in [3.8, 4) is 16.9 Å². The third kappa shape index (κ3) is 3.93. The van der Waals surface area contributed by atoms with Gasteiger partial charge in [-0.1, -0.05) is 24.3 Å². The highest BCUT2D eigenvalue weighted by atomic mass is 19.3. The fourth-order valence-electron chi connectivity index (χ4n) is 4.65. The molecule has 6 nitrogen and oxygen atoms in total. The molecule has 2 atom stereocenters. The number of aliphatic hydroxyl groups is 1.